The van der Waals surface area contributed by atoms with Crippen molar-refractivity contribution in [3.8, 4) is 17.0 Å². The fraction of sp³-hybridized carbons (Fsp3) is 0.182. The molecule has 0 fully saturated rings. The largest absolute Gasteiger partial charge is 0.486 e. The number of amides is 1. The van der Waals surface area contributed by atoms with Crippen LogP contribution in [-0.2, 0) is 24.6 Å². The Morgan fingerprint density at radius 2 is 1.94 bits per heavy atom. The molecule has 176 valence electrons. The Hall–Kier alpha value is -3.38. The molecule has 2 aromatic carbocycles. The molecule has 0 radical (unpaired) electrons. The molecule has 2 aromatic heterocycles. The summed E-state index contributed by atoms with van der Waals surface area (Å²) in [5.41, 5.74) is 0.959. The number of alkyl halides is 3. The number of benzene rings is 2. The van der Waals surface area contributed by atoms with Crippen LogP contribution in [0.25, 0.3) is 11.3 Å². The molecule has 7 nitrogen and oxygen atoms in total. The van der Waals surface area contributed by atoms with E-state index in [-0.39, 0.29) is 24.0 Å². The maximum Gasteiger partial charge on any atom is 0.416 e. The second-order valence-electron chi connectivity index (χ2n) is 7.01. The summed E-state index contributed by atoms with van der Waals surface area (Å²) in [6, 6.07) is 14.3. The number of aromatic nitrogens is 4. The van der Waals surface area contributed by atoms with Gasteiger partial charge in [-0.2, -0.15) is 13.2 Å². The Balaban J connectivity index is 1.30. The predicted molar refractivity (Wildman–Crippen MR) is 124 cm³/mol. The van der Waals surface area contributed by atoms with Crippen LogP contribution < -0.4 is 10.1 Å². The Bertz CT molecular complexity index is 1280. The molecule has 1 N–H and O–H groups in total. The smallest absolute Gasteiger partial charge is 0.416 e. The van der Waals surface area contributed by atoms with E-state index in [1.807, 2.05) is 35.7 Å². The zero-order valence-corrected chi connectivity index (χ0v) is 19.4. The van der Waals surface area contributed by atoms with Crippen LogP contribution in [0.1, 0.15) is 11.4 Å². The van der Waals surface area contributed by atoms with Gasteiger partial charge >= 0.3 is 6.18 Å². The topological polar surface area (TPSA) is 81.9 Å². The average molecular weight is 506 g/mol. The molecule has 2 heterocycles. The van der Waals surface area contributed by atoms with Gasteiger partial charge < -0.3 is 14.6 Å². The summed E-state index contributed by atoms with van der Waals surface area (Å²) in [4.78, 5) is 16.8. The van der Waals surface area contributed by atoms with Gasteiger partial charge in [-0.3, -0.25) is 4.79 Å². The Kier molecular flexibility index (Phi) is 7.17. The lowest BCUT2D eigenvalue weighted by Gasteiger charge is -2.10. The fourth-order valence-electron chi connectivity index (χ4n) is 2.86. The molecule has 12 heteroatoms. The summed E-state index contributed by atoms with van der Waals surface area (Å²) in [5.74, 6) is 0.321. The van der Waals surface area contributed by atoms with Crippen LogP contribution in [0.3, 0.4) is 0 Å². The van der Waals surface area contributed by atoms with Crippen molar-refractivity contribution in [2.24, 2.45) is 7.05 Å². The SMILES string of the molecule is Cn1c(COc2cccc(C(F)(F)F)c2)nnc1SCC(=O)Nc1nc(-c2ccccc2)cs1. The number of thiazole rings is 1. The minimum atomic E-state index is -4.45. The molecule has 0 aliphatic heterocycles. The minimum Gasteiger partial charge on any atom is -0.486 e. The highest BCUT2D eigenvalue weighted by molar-refractivity contribution is 7.99. The number of carbonyl (C=O) groups excluding carboxylic acids is 1. The summed E-state index contributed by atoms with van der Waals surface area (Å²) in [6.45, 7) is -0.0705. The summed E-state index contributed by atoms with van der Waals surface area (Å²) in [6.07, 6.45) is -4.45. The first-order valence-corrected chi connectivity index (χ1v) is 11.8. The zero-order valence-electron chi connectivity index (χ0n) is 17.7. The van der Waals surface area contributed by atoms with Crippen molar-refractivity contribution in [2.45, 2.75) is 17.9 Å². The fourth-order valence-corrected chi connectivity index (χ4v) is 4.33. The molecule has 4 aromatic rings. The maximum absolute atomic E-state index is 12.8. The van der Waals surface area contributed by atoms with Crippen LogP contribution in [0.2, 0.25) is 0 Å². The van der Waals surface area contributed by atoms with Crippen molar-refractivity contribution in [2.75, 3.05) is 11.1 Å². The molecule has 0 unspecified atom stereocenters. The lowest BCUT2D eigenvalue weighted by molar-refractivity contribution is -0.137. The van der Waals surface area contributed by atoms with E-state index in [1.165, 1.54) is 35.2 Å². The average Bonchev–Trinajstić information content (AvgIpc) is 3.43. The number of halogens is 3. The van der Waals surface area contributed by atoms with Gasteiger partial charge in [0.1, 0.15) is 12.4 Å². The number of hydrogen-bond donors (Lipinski definition) is 1. The zero-order chi connectivity index (χ0) is 24.1. The lowest BCUT2D eigenvalue weighted by atomic mass is 10.2. The highest BCUT2D eigenvalue weighted by Crippen LogP contribution is 2.31. The molecule has 0 spiro atoms. The number of rotatable bonds is 8. The first-order valence-electron chi connectivity index (χ1n) is 9.91. The van der Waals surface area contributed by atoms with E-state index >= 15 is 0 Å². The van der Waals surface area contributed by atoms with Crippen LogP contribution in [-0.4, -0.2) is 31.4 Å². The quantitative estimate of drug-likeness (QED) is 0.329. The van der Waals surface area contributed by atoms with Crippen molar-refractivity contribution in [1.29, 1.82) is 0 Å². The number of ether oxygens (including phenoxy) is 1. The first-order chi connectivity index (χ1) is 16.3. The van der Waals surface area contributed by atoms with E-state index in [1.54, 1.807) is 11.6 Å². The Labute approximate surface area is 201 Å². The number of nitrogens with one attached hydrogen (secondary N) is 1. The number of thioether (sulfide) groups is 1. The number of nitrogens with zero attached hydrogens (tertiary/aromatic N) is 4. The third-order valence-electron chi connectivity index (χ3n) is 4.61. The second-order valence-corrected chi connectivity index (χ2v) is 8.81. The van der Waals surface area contributed by atoms with E-state index in [2.05, 4.69) is 20.5 Å². The van der Waals surface area contributed by atoms with Gasteiger partial charge in [-0.1, -0.05) is 48.2 Å². The number of anilines is 1. The van der Waals surface area contributed by atoms with Crippen LogP contribution >= 0.6 is 23.1 Å². The highest BCUT2D eigenvalue weighted by atomic mass is 32.2. The number of carbonyl (C=O) groups is 1. The van der Waals surface area contributed by atoms with Crippen molar-refractivity contribution in [3.05, 3.63) is 71.4 Å². The summed E-state index contributed by atoms with van der Waals surface area (Å²) in [7, 11) is 1.69. The molecule has 0 aliphatic rings. The van der Waals surface area contributed by atoms with E-state index < -0.39 is 11.7 Å². The summed E-state index contributed by atoms with van der Waals surface area (Å²) >= 11 is 2.51. The monoisotopic (exact) mass is 505 g/mol. The van der Waals surface area contributed by atoms with Gasteiger partial charge in [-0.05, 0) is 18.2 Å². The number of hydrogen-bond acceptors (Lipinski definition) is 7. The van der Waals surface area contributed by atoms with Gasteiger partial charge in [0.25, 0.3) is 0 Å². The molecule has 0 saturated carbocycles. The van der Waals surface area contributed by atoms with Gasteiger partial charge in [0.15, 0.2) is 16.1 Å². The molecular formula is C22H18F3N5O2S2. The molecule has 0 bridgehead atoms. The molecular weight excluding hydrogens is 487 g/mol. The molecule has 0 aliphatic carbocycles. The third-order valence-corrected chi connectivity index (χ3v) is 6.38. The standard InChI is InChI=1S/C22H18F3N5O2S2/c1-30-18(11-32-16-9-5-8-15(10-16)22(23,24)25)28-29-21(30)34-13-19(31)27-20-26-17(12-33-20)14-6-3-2-4-7-14/h2-10,12H,11,13H2,1H3,(H,26,27,31). The van der Waals surface area contributed by atoms with Gasteiger partial charge in [-0.15, -0.1) is 21.5 Å². The van der Waals surface area contributed by atoms with Crippen LogP contribution in [0.5, 0.6) is 5.75 Å². The van der Waals surface area contributed by atoms with Crippen molar-refractivity contribution < 1.29 is 22.7 Å². The summed E-state index contributed by atoms with van der Waals surface area (Å²) in [5, 5.41) is 13.6. The maximum atomic E-state index is 12.8. The van der Waals surface area contributed by atoms with Crippen molar-refractivity contribution in [1.82, 2.24) is 19.7 Å². The van der Waals surface area contributed by atoms with Gasteiger partial charge in [0.2, 0.25) is 5.91 Å². The molecule has 0 saturated heterocycles. The molecule has 4 rings (SSSR count). The molecule has 34 heavy (non-hydrogen) atoms. The van der Waals surface area contributed by atoms with Gasteiger partial charge in [0, 0.05) is 18.0 Å². The molecule has 1 amide bonds. The Morgan fingerprint density at radius 3 is 2.71 bits per heavy atom. The van der Waals surface area contributed by atoms with E-state index in [0.717, 1.165) is 23.4 Å². The summed E-state index contributed by atoms with van der Waals surface area (Å²) < 4.78 is 45.6. The highest BCUT2D eigenvalue weighted by Gasteiger charge is 2.30. The molecule has 0 atom stereocenters. The second kappa shape index (κ2) is 10.3. The first kappa shape index (κ1) is 23.8. The van der Waals surface area contributed by atoms with Gasteiger partial charge in [0.05, 0.1) is 17.0 Å². The van der Waals surface area contributed by atoms with Crippen LogP contribution in [0, 0.1) is 0 Å². The Morgan fingerprint density at radius 1 is 1.15 bits per heavy atom. The third kappa shape index (κ3) is 5.94. The lowest BCUT2D eigenvalue weighted by Crippen LogP contribution is -2.14. The van der Waals surface area contributed by atoms with Gasteiger partial charge in [-0.25, -0.2) is 4.98 Å². The van der Waals surface area contributed by atoms with Crippen LogP contribution in [0.4, 0.5) is 18.3 Å². The van der Waals surface area contributed by atoms with Crippen LogP contribution in [0.15, 0.2) is 65.1 Å². The minimum absolute atomic E-state index is 0.0705. The van der Waals surface area contributed by atoms with E-state index in [9.17, 15) is 18.0 Å². The van der Waals surface area contributed by atoms with Crippen molar-refractivity contribution in [3.63, 3.8) is 0 Å². The predicted octanol–water partition coefficient (Wildman–Crippen LogP) is 5.27. The normalized spacial score (nSPS) is 11.4. The van der Waals surface area contributed by atoms with E-state index in [4.69, 9.17) is 4.74 Å². The van der Waals surface area contributed by atoms with Crippen molar-refractivity contribution >= 4 is 34.1 Å². The van der Waals surface area contributed by atoms with E-state index in [0.29, 0.717) is 16.1 Å².